The molecule has 2 unspecified atom stereocenters. The molecular weight excluding hydrogens is 511 g/mol. The highest BCUT2D eigenvalue weighted by Crippen LogP contribution is 2.43. The Morgan fingerprint density at radius 1 is 1.03 bits per heavy atom. The van der Waals surface area contributed by atoms with Crippen molar-refractivity contribution in [3.8, 4) is 11.4 Å². The topological polar surface area (TPSA) is 42.3 Å². The summed E-state index contributed by atoms with van der Waals surface area (Å²) in [5, 5.41) is 5.29. The first-order valence-corrected chi connectivity index (χ1v) is 12.8. The van der Waals surface area contributed by atoms with Gasteiger partial charge in [-0.1, -0.05) is 47.5 Å². The van der Waals surface area contributed by atoms with E-state index in [1.807, 2.05) is 48.7 Å². The summed E-state index contributed by atoms with van der Waals surface area (Å²) in [6.07, 6.45) is 1.82. The monoisotopic (exact) mass is 536 g/mol. The third-order valence-corrected chi connectivity index (χ3v) is 7.83. The van der Waals surface area contributed by atoms with Crippen LogP contribution in [0.25, 0.3) is 5.69 Å². The average molecular weight is 538 g/mol. The number of halogens is 2. The Balaban J connectivity index is 1.61. The zero-order valence-electron chi connectivity index (χ0n) is 20.2. The molecule has 3 heterocycles. The molecule has 4 aromatic rings. The van der Waals surface area contributed by atoms with Gasteiger partial charge in [-0.15, -0.1) is 0 Å². The molecular formula is C28H26Cl2N4OS. The van der Waals surface area contributed by atoms with E-state index in [9.17, 15) is 0 Å². The molecule has 1 fully saturated rings. The minimum atomic E-state index is -0.110. The molecule has 0 saturated carbocycles. The van der Waals surface area contributed by atoms with Gasteiger partial charge in [0.15, 0.2) is 5.11 Å². The first kappa shape index (κ1) is 24.6. The lowest BCUT2D eigenvalue weighted by Gasteiger charge is -2.28. The molecule has 0 bridgehead atoms. The van der Waals surface area contributed by atoms with E-state index < -0.39 is 0 Å². The highest BCUT2D eigenvalue weighted by molar-refractivity contribution is 7.80. The van der Waals surface area contributed by atoms with E-state index in [0.29, 0.717) is 21.7 Å². The number of nitrogens with one attached hydrogen (secondary N) is 1. The van der Waals surface area contributed by atoms with Crippen molar-refractivity contribution in [1.29, 1.82) is 0 Å². The second-order valence-corrected chi connectivity index (χ2v) is 10.0. The quantitative estimate of drug-likeness (QED) is 0.269. The highest BCUT2D eigenvalue weighted by Gasteiger charge is 2.41. The van der Waals surface area contributed by atoms with Crippen LogP contribution < -0.4 is 10.1 Å². The van der Waals surface area contributed by atoms with Gasteiger partial charge in [0.05, 0.1) is 40.6 Å². The Bertz CT molecular complexity index is 1410. The van der Waals surface area contributed by atoms with Crippen LogP contribution >= 0.6 is 35.4 Å². The Morgan fingerprint density at radius 2 is 1.81 bits per heavy atom. The minimum Gasteiger partial charge on any atom is -0.497 e. The Labute approximate surface area is 226 Å². The number of thiocarbonyl (C=S) groups is 1. The number of methoxy groups -OCH3 is 1. The smallest absolute Gasteiger partial charge is 0.170 e. The van der Waals surface area contributed by atoms with Crippen LogP contribution in [0.3, 0.4) is 0 Å². The van der Waals surface area contributed by atoms with Crippen molar-refractivity contribution < 1.29 is 4.74 Å². The lowest BCUT2D eigenvalue weighted by molar-refractivity contribution is 0.310. The third kappa shape index (κ3) is 4.45. The standard InChI is InChI=1S/C28H26Cl2N4OS/c1-17-15-21(18(2)34(17)24-9-6-7-22(29)25(24)30)27-26(23-8-4-5-14-31-23)32-28(36)33(27)16-19-10-12-20(35-3)13-11-19/h4-15,26-27H,16H2,1-3H3,(H,32,36). The third-order valence-electron chi connectivity index (χ3n) is 6.67. The van der Waals surface area contributed by atoms with E-state index in [-0.39, 0.29) is 12.1 Å². The lowest BCUT2D eigenvalue weighted by Crippen LogP contribution is -2.29. The molecule has 0 amide bonds. The largest absolute Gasteiger partial charge is 0.497 e. The van der Waals surface area contributed by atoms with E-state index in [0.717, 1.165) is 39.6 Å². The van der Waals surface area contributed by atoms with Gasteiger partial charge in [-0.05, 0) is 79.7 Å². The Morgan fingerprint density at radius 3 is 2.50 bits per heavy atom. The van der Waals surface area contributed by atoms with Gasteiger partial charge in [0.2, 0.25) is 0 Å². The number of aryl methyl sites for hydroxylation is 1. The zero-order valence-corrected chi connectivity index (χ0v) is 22.5. The maximum atomic E-state index is 6.63. The zero-order chi connectivity index (χ0) is 25.4. The number of hydrogen-bond acceptors (Lipinski definition) is 3. The van der Waals surface area contributed by atoms with Gasteiger partial charge in [0.1, 0.15) is 5.75 Å². The first-order valence-electron chi connectivity index (χ1n) is 11.6. The van der Waals surface area contributed by atoms with Gasteiger partial charge in [0.25, 0.3) is 0 Å². The molecule has 0 aliphatic carbocycles. The molecule has 5 rings (SSSR count). The molecule has 1 N–H and O–H groups in total. The van der Waals surface area contributed by atoms with E-state index >= 15 is 0 Å². The molecule has 8 heteroatoms. The summed E-state index contributed by atoms with van der Waals surface area (Å²) in [4.78, 5) is 6.91. The lowest BCUT2D eigenvalue weighted by atomic mass is 9.96. The van der Waals surface area contributed by atoms with Gasteiger partial charge < -0.3 is 19.5 Å². The molecule has 184 valence electrons. The van der Waals surface area contributed by atoms with Crippen LogP contribution in [0.4, 0.5) is 0 Å². The normalized spacial score (nSPS) is 17.4. The van der Waals surface area contributed by atoms with E-state index in [4.69, 9.17) is 40.2 Å². The van der Waals surface area contributed by atoms with Crippen molar-refractivity contribution in [1.82, 2.24) is 19.8 Å². The van der Waals surface area contributed by atoms with Crippen LogP contribution in [0.2, 0.25) is 10.0 Å². The number of pyridine rings is 1. The average Bonchev–Trinajstić information content (AvgIpc) is 3.36. The van der Waals surface area contributed by atoms with E-state index in [2.05, 4.69) is 51.8 Å². The van der Waals surface area contributed by atoms with Gasteiger partial charge in [-0.3, -0.25) is 4.98 Å². The van der Waals surface area contributed by atoms with Gasteiger partial charge in [0, 0.05) is 24.1 Å². The fourth-order valence-corrected chi connectivity index (χ4v) is 5.65. The highest BCUT2D eigenvalue weighted by atomic mass is 35.5. The van der Waals surface area contributed by atoms with Crippen LogP contribution in [-0.2, 0) is 6.54 Å². The summed E-state index contributed by atoms with van der Waals surface area (Å²) in [5.74, 6) is 0.825. The summed E-state index contributed by atoms with van der Waals surface area (Å²) in [5.41, 5.74) is 6.23. The maximum Gasteiger partial charge on any atom is 0.170 e. The van der Waals surface area contributed by atoms with Crippen molar-refractivity contribution >= 4 is 40.5 Å². The van der Waals surface area contributed by atoms with Gasteiger partial charge in [-0.25, -0.2) is 0 Å². The molecule has 0 spiro atoms. The summed E-state index contributed by atoms with van der Waals surface area (Å²) < 4.78 is 7.49. The summed E-state index contributed by atoms with van der Waals surface area (Å²) in [7, 11) is 1.67. The number of nitrogens with zero attached hydrogens (tertiary/aromatic N) is 3. The van der Waals surface area contributed by atoms with Gasteiger partial charge >= 0.3 is 0 Å². The number of benzene rings is 2. The van der Waals surface area contributed by atoms with Crippen molar-refractivity contribution in [3.05, 3.63) is 111 Å². The Hall–Kier alpha value is -3.06. The van der Waals surface area contributed by atoms with Crippen LogP contribution in [-0.4, -0.2) is 26.7 Å². The number of ether oxygens (including phenoxy) is 1. The second-order valence-electron chi connectivity index (χ2n) is 8.84. The van der Waals surface area contributed by atoms with Crippen LogP contribution in [0.15, 0.2) is 72.9 Å². The van der Waals surface area contributed by atoms with E-state index in [1.54, 1.807) is 13.2 Å². The molecule has 36 heavy (non-hydrogen) atoms. The number of hydrogen-bond donors (Lipinski definition) is 1. The molecule has 2 atom stereocenters. The predicted molar refractivity (Wildman–Crippen MR) is 149 cm³/mol. The maximum absolute atomic E-state index is 6.63. The summed E-state index contributed by atoms with van der Waals surface area (Å²) >= 11 is 18.9. The SMILES string of the molecule is COc1ccc(CN2C(=S)NC(c3ccccn3)C2c2cc(C)n(-c3cccc(Cl)c3Cl)c2C)cc1. The molecule has 1 aliphatic heterocycles. The van der Waals surface area contributed by atoms with Crippen LogP contribution in [0, 0.1) is 13.8 Å². The Kier molecular flexibility index (Phi) is 6.93. The molecule has 2 aromatic carbocycles. The summed E-state index contributed by atoms with van der Waals surface area (Å²) in [6, 6.07) is 21.8. The molecule has 2 aromatic heterocycles. The van der Waals surface area contributed by atoms with Crippen molar-refractivity contribution in [3.63, 3.8) is 0 Å². The molecule has 1 aliphatic rings. The fourth-order valence-electron chi connectivity index (χ4n) is 4.96. The number of rotatable bonds is 6. The van der Waals surface area contributed by atoms with Gasteiger partial charge in [-0.2, -0.15) is 0 Å². The first-order chi connectivity index (χ1) is 17.4. The van der Waals surface area contributed by atoms with Crippen molar-refractivity contribution in [2.24, 2.45) is 0 Å². The summed E-state index contributed by atoms with van der Waals surface area (Å²) in [6.45, 7) is 4.84. The second kappa shape index (κ2) is 10.1. The molecule has 1 saturated heterocycles. The van der Waals surface area contributed by atoms with Crippen LogP contribution in [0.1, 0.15) is 40.3 Å². The fraction of sp³-hybridized carbons (Fsp3) is 0.214. The molecule has 5 nitrogen and oxygen atoms in total. The van der Waals surface area contributed by atoms with Crippen LogP contribution in [0.5, 0.6) is 5.75 Å². The predicted octanol–water partition coefficient (Wildman–Crippen LogP) is 6.98. The number of aromatic nitrogens is 2. The van der Waals surface area contributed by atoms with E-state index in [1.165, 1.54) is 0 Å². The molecule has 0 radical (unpaired) electrons. The van der Waals surface area contributed by atoms with Crippen molar-refractivity contribution in [2.75, 3.05) is 7.11 Å². The minimum absolute atomic E-state index is 0.0765. The van der Waals surface area contributed by atoms with Crippen molar-refractivity contribution in [2.45, 2.75) is 32.5 Å².